The van der Waals surface area contributed by atoms with Crippen molar-refractivity contribution in [2.24, 2.45) is 0 Å². The Balaban J connectivity index is 3.48. The van der Waals surface area contributed by atoms with E-state index in [0.29, 0.717) is 0 Å². The molecule has 0 heterocycles. The normalized spacial score (nSPS) is 11.0. The van der Waals surface area contributed by atoms with Gasteiger partial charge in [0.2, 0.25) is 5.70 Å². The number of hydrogen-bond acceptors (Lipinski definition) is 6. The van der Waals surface area contributed by atoms with Crippen molar-refractivity contribution in [3.8, 4) is 11.5 Å². The van der Waals surface area contributed by atoms with Crippen molar-refractivity contribution in [1.82, 2.24) is 0 Å². The fourth-order valence-electron chi connectivity index (χ4n) is 1.44. The second kappa shape index (κ2) is 5.80. The first-order valence-electron chi connectivity index (χ1n) is 5.13. The van der Waals surface area contributed by atoms with Gasteiger partial charge in [-0.05, 0) is 6.07 Å². The van der Waals surface area contributed by atoms with Crippen molar-refractivity contribution < 1.29 is 19.3 Å². The molecule has 0 aliphatic carbocycles. The third-order valence-electron chi connectivity index (χ3n) is 2.38. The average molecular weight is 268 g/mol. The molecule has 0 saturated heterocycles. The summed E-state index contributed by atoms with van der Waals surface area (Å²) >= 11 is 0. The molecule has 1 aromatic rings. The number of ether oxygens (including phenoxy) is 2. The number of nitro groups is 2. The second-order valence-electron chi connectivity index (χ2n) is 3.57. The summed E-state index contributed by atoms with van der Waals surface area (Å²) in [7, 11) is 2.72. The predicted octanol–water partition coefficient (Wildman–Crippen LogP) is 2.25. The average Bonchev–Trinajstić information content (AvgIpc) is 2.37. The molecule has 1 rings (SSSR count). The molecule has 8 nitrogen and oxygen atoms in total. The molecule has 0 aliphatic rings. The number of nitro benzene ring substituents is 1. The van der Waals surface area contributed by atoms with Crippen molar-refractivity contribution in [2.75, 3.05) is 14.2 Å². The van der Waals surface area contributed by atoms with Crippen LogP contribution in [-0.2, 0) is 0 Å². The quantitative estimate of drug-likeness (QED) is 0.599. The number of benzene rings is 1. The Kier molecular flexibility index (Phi) is 4.41. The van der Waals surface area contributed by atoms with E-state index >= 15 is 0 Å². The maximum atomic E-state index is 11.0. The highest BCUT2D eigenvalue weighted by Crippen LogP contribution is 2.35. The molecule has 0 N–H and O–H groups in total. The summed E-state index contributed by atoms with van der Waals surface area (Å²) in [6.07, 6.45) is 1.11. The fourth-order valence-corrected chi connectivity index (χ4v) is 1.44. The van der Waals surface area contributed by atoms with Crippen LogP contribution in [0.2, 0.25) is 0 Å². The summed E-state index contributed by atoms with van der Waals surface area (Å²) < 4.78 is 9.96. The Bertz CT molecular complexity index is 552. The lowest BCUT2D eigenvalue weighted by Gasteiger charge is -2.08. The summed E-state index contributed by atoms with van der Waals surface area (Å²) in [6.45, 7) is 1.25. The molecular weight excluding hydrogens is 256 g/mol. The van der Waals surface area contributed by atoms with E-state index < -0.39 is 9.85 Å². The number of allylic oxidation sites excluding steroid dienone is 1. The molecule has 0 atom stereocenters. The molecule has 8 heteroatoms. The van der Waals surface area contributed by atoms with E-state index in [9.17, 15) is 20.2 Å². The van der Waals surface area contributed by atoms with E-state index in [1.165, 1.54) is 27.2 Å². The summed E-state index contributed by atoms with van der Waals surface area (Å²) in [5.74, 6) is 0.445. The molecule has 0 saturated carbocycles. The summed E-state index contributed by atoms with van der Waals surface area (Å²) in [4.78, 5) is 20.3. The monoisotopic (exact) mass is 268 g/mol. The lowest BCUT2D eigenvalue weighted by atomic mass is 10.1. The summed E-state index contributed by atoms with van der Waals surface area (Å²) in [5.41, 5.74) is -0.425. The smallest absolute Gasteiger partial charge is 0.280 e. The predicted molar refractivity (Wildman–Crippen MR) is 66.8 cm³/mol. The van der Waals surface area contributed by atoms with Gasteiger partial charge in [-0.3, -0.25) is 20.2 Å². The highest BCUT2D eigenvalue weighted by molar-refractivity contribution is 5.67. The van der Waals surface area contributed by atoms with Crippen LogP contribution < -0.4 is 9.47 Å². The van der Waals surface area contributed by atoms with Gasteiger partial charge < -0.3 is 9.47 Å². The standard InChI is InChI=1S/C11H12N2O6/c1-7(12(14)15)4-8-5-10(18-2)11(19-3)6-9(8)13(16)17/h4-6H,1-3H3/b7-4+. The molecule has 0 spiro atoms. The minimum absolute atomic E-state index is 0.0804. The zero-order chi connectivity index (χ0) is 14.6. The molecule has 19 heavy (non-hydrogen) atoms. The topological polar surface area (TPSA) is 105 Å². The minimum atomic E-state index is -0.638. The number of hydrogen-bond donors (Lipinski definition) is 0. The van der Waals surface area contributed by atoms with Gasteiger partial charge >= 0.3 is 0 Å². The first-order valence-corrected chi connectivity index (χ1v) is 5.13. The fraction of sp³-hybridized carbons (Fsp3) is 0.273. The molecule has 0 fully saturated rings. The van der Waals surface area contributed by atoms with Crippen molar-refractivity contribution in [3.63, 3.8) is 0 Å². The van der Waals surface area contributed by atoms with E-state index in [0.717, 1.165) is 12.1 Å². The molecular formula is C11H12N2O6. The maximum absolute atomic E-state index is 11.0. The van der Waals surface area contributed by atoms with Gasteiger partial charge in [-0.2, -0.15) is 0 Å². The van der Waals surface area contributed by atoms with Gasteiger partial charge in [0.05, 0.1) is 35.7 Å². The molecule has 0 unspecified atom stereocenters. The van der Waals surface area contributed by atoms with Gasteiger partial charge in [-0.15, -0.1) is 0 Å². The lowest BCUT2D eigenvalue weighted by molar-refractivity contribution is -0.422. The van der Waals surface area contributed by atoms with Crippen LogP contribution in [0.25, 0.3) is 6.08 Å². The van der Waals surface area contributed by atoms with Gasteiger partial charge in [0, 0.05) is 13.0 Å². The second-order valence-corrected chi connectivity index (χ2v) is 3.57. The zero-order valence-electron chi connectivity index (χ0n) is 10.6. The highest BCUT2D eigenvalue weighted by Gasteiger charge is 2.19. The molecule has 102 valence electrons. The van der Waals surface area contributed by atoms with Gasteiger partial charge in [-0.1, -0.05) is 0 Å². The van der Waals surface area contributed by atoms with Crippen molar-refractivity contribution >= 4 is 11.8 Å². The third-order valence-corrected chi connectivity index (χ3v) is 2.38. The molecule has 0 radical (unpaired) electrons. The van der Waals surface area contributed by atoms with Crippen LogP contribution >= 0.6 is 0 Å². The van der Waals surface area contributed by atoms with Gasteiger partial charge in [0.25, 0.3) is 5.69 Å². The first kappa shape index (κ1) is 14.4. The van der Waals surface area contributed by atoms with E-state index in [1.807, 2.05) is 0 Å². The SMILES string of the molecule is COc1cc(/C=C(\C)[N+](=O)[O-])c([N+](=O)[O-])cc1OC. The van der Waals surface area contributed by atoms with E-state index in [2.05, 4.69) is 0 Å². The Morgan fingerprint density at radius 3 is 2.11 bits per heavy atom. The molecule has 0 aliphatic heterocycles. The van der Waals surface area contributed by atoms with E-state index in [4.69, 9.17) is 9.47 Å². The Hall–Kier alpha value is -2.64. The number of rotatable bonds is 5. The number of methoxy groups -OCH3 is 2. The van der Waals surface area contributed by atoms with Gasteiger partial charge in [-0.25, -0.2) is 0 Å². The van der Waals surface area contributed by atoms with E-state index in [-0.39, 0.29) is 28.4 Å². The summed E-state index contributed by atoms with van der Waals surface area (Å²) in [5, 5.41) is 21.5. The summed E-state index contributed by atoms with van der Waals surface area (Å²) in [6, 6.07) is 2.49. The van der Waals surface area contributed by atoms with Crippen LogP contribution in [0, 0.1) is 20.2 Å². The van der Waals surface area contributed by atoms with E-state index in [1.54, 1.807) is 0 Å². The molecule has 0 amide bonds. The van der Waals surface area contributed by atoms with Crippen LogP contribution in [0.4, 0.5) is 5.69 Å². The minimum Gasteiger partial charge on any atom is -0.493 e. The van der Waals surface area contributed by atoms with Crippen LogP contribution in [0.15, 0.2) is 17.8 Å². The highest BCUT2D eigenvalue weighted by atomic mass is 16.6. The van der Waals surface area contributed by atoms with Gasteiger partial charge in [0.15, 0.2) is 11.5 Å². The van der Waals surface area contributed by atoms with Crippen LogP contribution in [0.3, 0.4) is 0 Å². The molecule has 1 aromatic carbocycles. The first-order chi connectivity index (χ1) is 8.90. The lowest BCUT2D eigenvalue weighted by Crippen LogP contribution is -1.98. The van der Waals surface area contributed by atoms with Crippen LogP contribution in [0.1, 0.15) is 12.5 Å². The Labute approximate surface area is 108 Å². The third kappa shape index (κ3) is 3.18. The van der Waals surface area contributed by atoms with Crippen molar-refractivity contribution in [3.05, 3.63) is 43.6 Å². The zero-order valence-corrected chi connectivity index (χ0v) is 10.6. The van der Waals surface area contributed by atoms with Crippen LogP contribution in [0.5, 0.6) is 11.5 Å². The molecule has 0 aromatic heterocycles. The van der Waals surface area contributed by atoms with Gasteiger partial charge in [0.1, 0.15) is 0 Å². The van der Waals surface area contributed by atoms with Crippen molar-refractivity contribution in [2.45, 2.75) is 6.92 Å². The Morgan fingerprint density at radius 1 is 1.16 bits per heavy atom. The maximum Gasteiger partial charge on any atom is 0.280 e. The van der Waals surface area contributed by atoms with Crippen LogP contribution in [-0.4, -0.2) is 24.1 Å². The largest absolute Gasteiger partial charge is 0.493 e. The number of nitrogens with zero attached hydrogens (tertiary/aromatic N) is 2. The van der Waals surface area contributed by atoms with Crippen molar-refractivity contribution in [1.29, 1.82) is 0 Å². The molecule has 0 bridgehead atoms. The Morgan fingerprint density at radius 2 is 1.68 bits per heavy atom.